The molecule has 5 atom stereocenters. The van der Waals surface area contributed by atoms with E-state index in [-0.39, 0.29) is 11.8 Å². The molecule has 2 unspecified atom stereocenters. The highest BCUT2D eigenvalue weighted by atomic mass is 16.6. The van der Waals surface area contributed by atoms with Crippen molar-refractivity contribution in [2.75, 3.05) is 4.90 Å². The number of pyridine rings is 1. The molecule has 8 nitrogen and oxygen atoms in total. The van der Waals surface area contributed by atoms with Gasteiger partial charge in [-0.2, -0.15) is 10.4 Å². The zero-order valence-electron chi connectivity index (χ0n) is 14.2. The first-order chi connectivity index (χ1) is 12.3. The minimum Gasteiger partial charge on any atom is -0.390 e. The van der Waals surface area contributed by atoms with Crippen LogP contribution in [-0.4, -0.2) is 43.8 Å². The summed E-state index contributed by atoms with van der Waals surface area (Å²) in [6.45, 7) is 3.49. The molecule has 3 saturated heterocycles. The topological polar surface area (TPSA) is 108 Å². The number of nitriles is 1. The van der Waals surface area contributed by atoms with E-state index in [0.717, 1.165) is 0 Å². The normalized spacial score (nSPS) is 38.2. The molecule has 1 N–H and O–H groups in total. The fourth-order valence-corrected chi connectivity index (χ4v) is 5.04. The highest BCUT2D eigenvalue weighted by Gasteiger charge is 2.75. The van der Waals surface area contributed by atoms with Crippen LogP contribution < -0.4 is 4.90 Å². The summed E-state index contributed by atoms with van der Waals surface area (Å²) >= 11 is 0. The van der Waals surface area contributed by atoms with Crippen LogP contribution in [0.1, 0.15) is 26.0 Å². The third-order valence-corrected chi connectivity index (χ3v) is 6.18. The van der Waals surface area contributed by atoms with Gasteiger partial charge in [-0.05, 0) is 32.0 Å². The van der Waals surface area contributed by atoms with E-state index in [9.17, 15) is 20.0 Å². The van der Waals surface area contributed by atoms with Crippen molar-refractivity contribution in [2.24, 2.45) is 11.8 Å². The number of rotatable bonds is 1. The summed E-state index contributed by atoms with van der Waals surface area (Å²) < 4.78 is 7.39. The molecule has 3 aliphatic rings. The quantitative estimate of drug-likeness (QED) is 0.754. The Bertz CT molecular complexity index is 1040. The van der Waals surface area contributed by atoms with Crippen LogP contribution in [0.3, 0.4) is 0 Å². The summed E-state index contributed by atoms with van der Waals surface area (Å²) in [7, 11) is 0. The van der Waals surface area contributed by atoms with Crippen LogP contribution in [0, 0.1) is 23.2 Å². The molecule has 0 saturated carbocycles. The molecule has 132 valence electrons. The second kappa shape index (κ2) is 4.50. The second-order valence-electron chi connectivity index (χ2n) is 7.63. The second-order valence-corrected chi connectivity index (χ2v) is 7.63. The molecule has 3 fully saturated rings. The van der Waals surface area contributed by atoms with Crippen molar-refractivity contribution in [1.82, 2.24) is 9.61 Å². The first-order valence-electron chi connectivity index (χ1n) is 8.45. The van der Waals surface area contributed by atoms with Crippen molar-refractivity contribution in [3.8, 4) is 6.07 Å². The zero-order chi connectivity index (χ0) is 18.4. The molecular formula is C18H16N4O4. The summed E-state index contributed by atoms with van der Waals surface area (Å²) in [5.74, 6) is -2.05. The molecule has 0 aromatic carbocycles. The van der Waals surface area contributed by atoms with Crippen molar-refractivity contribution in [3.05, 3.63) is 30.1 Å². The molecular weight excluding hydrogens is 336 g/mol. The minimum atomic E-state index is -1.07. The van der Waals surface area contributed by atoms with Gasteiger partial charge in [-0.25, -0.2) is 9.42 Å². The Hall–Kier alpha value is -2.76. The lowest BCUT2D eigenvalue weighted by molar-refractivity contribution is -0.132. The Morgan fingerprint density at radius 3 is 2.73 bits per heavy atom. The van der Waals surface area contributed by atoms with Gasteiger partial charge in [0.05, 0.1) is 40.9 Å². The Morgan fingerprint density at radius 1 is 1.27 bits per heavy atom. The molecule has 5 heterocycles. The van der Waals surface area contributed by atoms with E-state index < -0.39 is 29.1 Å². The number of aliphatic hydroxyl groups excluding tert-OH is 1. The lowest BCUT2D eigenvalue weighted by Gasteiger charge is -2.31. The molecule has 2 amide bonds. The number of aliphatic hydroxyl groups is 1. The smallest absolute Gasteiger partial charge is 0.240 e. The van der Waals surface area contributed by atoms with E-state index in [2.05, 4.69) is 5.10 Å². The van der Waals surface area contributed by atoms with Crippen molar-refractivity contribution >= 4 is 23.0 Å². The molecule has 5 rings (SSSR count). The van der Waals surface area contributed by atoms with Crippen molar-refractivity contribution < 1.29 is 19.4 Å². The average molecular weight is 352 g/mol. The van der Waals surface area contributed by atoms with E-state index >= 15 is 0 Å². The van der Waals surface area contributed by atoms with Gasteiger partial charge in [-0.15, -0.1) is 0 Å². The summed E-state index contributed by atoms with van der Waals surface area (Å²) in [6.07, 6.45) is 1.05. The Kier molecular flexibility index (Phi) is 2.68. The fraction of sp³-hybridized carbons (Fsp3) is 0.444. The number of amides is 2. The van der Waals surface area contributed by atoms with Gasteiger partial charge in [0.2, 0.25) is 11.8 Å². The number of hydrogen-bond donors (Lipinski definition) is 1. The van der Waals surface area contributed by atoms with Crippen LogP contribution >= 0.6 is 0 Å². The lowest BCUT2D eigenvalue weighted by Crippen LogP contribution is -2.49. The van der Waals surface area contributed by atoms with Crippen molar-refractivity contribution in [3.63, 3.8) is 0 Å². The van der Waals surface area contributed by atoms with Crippen LogP contribution in [0.4, 0.5) is 5.69 Å². The molecule has 8 heteroatoms. The molecule has 26 heavy (non-hydrogen) atoms. The number of anilines is 1. The van der Waals surface area contributed by atoms with Crippen LogP contribution in [0.5, 0.6) is 0 Å². The van der Waals surface area contributed by atoms with Gasteiger partial charge in [-0.1, -0.05) is 0 Å². The van der Waals surface area contributed by atoms with Crippen LogP contribution in [-0.2, 0) is 14.3 Å². The third kappa shape index (κ3) is 1.54. The van der Waals surface area contributed by atoms with Gasteiger partial charge in [0.1, 0.15) is 17.4 Å². The SMILES string of the molecule is CC12C[C@H](O)C(C)(O1)[C@@H]1C(=O)N(c3ccc(C#N)n4nccc34)C(=O)[C@@H]12. The van der Waals surface area contributed by atoms with Crippen LogP contribution in [0.25, 0.3) is 5.52 Å². The standard InChI is InChI=1S/C18H16N4O4/c1-17-7-12(23)18(2,26-17)14-13(17)15(24)21(16(14)25)10-4-3-9(8-19)22-11(10)5-6-20-22/h3-6,12-14,23H,7H2,1-2H3/t12-,13+,14-,17?,18?/m0/s1. The van der Waals surface area contributed by atoms with E-state index in [1.807, 2.05) is 6.07 Å². The monoisotopic (exact) mass is 352 g/mol. The van der Waals surface area contributed by atoms with E-state index in [1.165, 1.54) is 21.7 Å². The van der Waals surface area contributed by atoms with Gasteiger partial charge < -0.3 is 9.84 Å². The summed E-state index contributed by atoms with van der Waals surface area (Å²) in [4.78, 5) is 27.6. The lowest BCUT2D eigenvalue weighted by atomic mass is 9.67. The zero-order valence-corrected chi connectivity index (χ0v) is 14.2. The Balaban J connectivity index is 1.68. The first kappa shape index (κ1) is 15.5. The summed E-state index contributed by atoms with van der Waals surface area (Å²) in [5.41, 5.74) is -0.708. The first-order valence-corrected chi connectivity index (χ1v) is 8.45. The maximum absolute atomic E-state index is 13.2. The third-order valence-electron chi connectivity index (χ3n) is 6.18. The van der Waals surface area contributed by atoms with Gasteiger partial charge in [0.25, 0.3) is 0 Å². The van der Waals surface area contributed by atoms with Gasteiger partial charge in [-0.3, -0.25) is 9.59 Å². The number of fused-ring (bicyclic) bond motifs is 6. The Labute approximate surface area is 148 Å². The number of carbonyl (C=O) groups excluding carboxylic acids is 2. The highest BCUT2D eigenvalue weighted by molar-refractivity contribution is 6.24. The number of aromatic nitrogens is 2. The largest absolute Gasteiger partial charge is 0.390 e. The van der Waals surface area contributed by atoms with Gasteiger partial charge in [0, 0.05) is 6.42 Å². The highest BCUT2D eigenvalue weighted by Crippen LogP contribution is 2.61. The number of hydrogen-bond acceptors (Lipinski definition) is 6. The summed E-state index contributed by atoms with van der Waals surface area (Å²) in [5, 5.41) is 23.7. The molecule has 0 aliphatic carbocycles. The molecule has 3 aliphatic heterocycles. The van der Waals surface area contributed by atoms with E-state index in [1.54, 1.807) is 26.0 Å². The molecule has 2 aromatic rings. The van der Waals surface area contributed by atoms with Crippen LogP contribution in [0.2, 0.25) is 0 Å². The average Bonchev–Trinajstić information content (AvgIpc) is 3.27. The predicted molar refractivity (Wildman–Crippen MR) is 87.9 cm³/mol. The van der Waals surface area contributed by atoms with E-state index in [0.29, 0.717) is 23.3 Å². The number of imide groups is 1. The van der Waals surface area contributed by atoms with Gasteiger partial charge in [0.15, 0.2) is 0 Å². The fourth-order valence-electron chi connectivity index (χ4n) is 5.04. The molecule has 2 aromatic heterocycles. The van der Waals surface area contributed by atoms with Crippen molar-refractivity contribution in [1.29, 1.82) is 5.26 Å². The van der Waals surface area contributed by atoms with Crippen molar-refractivity contribution in [2.45, 2.75) is 37.6 Å². The Morgan fingerprint density at radius 2 is 2.00 bits per heavy atom. The molecule has 2 bridgehead atoms. The maximum atomic E-state index is 13.2. The maximum Gasteiger partial charge on any atom is 0.240 e. The van der Waals surface area contributed by atoms with Crippen LogP contribution in [0.15, 0.2) is 24.4 Å². The molecule has 0 spiro atoms. The van der Waals surface area contributed by atoms with E-state index in [4.69, 9.17) is 4.74 Å². The summed E-state index contributed by atoms with van der Waals surface area (Å²) in [6, 6.07) is 6.83. The molecule has 0 radical (unpaired) electrons. The van der Waals surface area contributed by atoms with Gasteiger partial charge >= 0.3 is 0 Å². The minimum absolute atomic E-state index is 0.311. The number of carbonyl (C=O) groups is 2. The number of nitrogens with zero attached hydrogens (tertiary/aromatic N) is 4. The predicted octanol–water partition coefficient (Wildman–Crippen LogP) is 0.624. The number of ether oxygens (including phenoxy) is 1.